The fourth-order valence-corrected chi connectivity index (χ4v) is 3.69. The number of hydrogen-bond donors (Lipinski definition) is 4. The first-order chi connectivity index (χ1) is 10.1. The molecule has 120 valence electrons. The van der Waals surface area contributed by atoms with Crippen molar-refractivity contribution >= 4 is 13.1 Å². The molecule has 0 saturated carbocycles. The van der Waals surface area contributed by atoms with E-state index in [0.29, 0.717) is 25.2 Å². The number of rotatable bonds is 7. The Labute approximate surface area is 126 Å². The van der Waals surface area contributed by atoms with Gasteiger partial charge in [-0.05, 0) is 50.5 Å². The summed E-state index contributed by atoms with van der Waals surface area (Å²) in [4.78, 5) is 13.7. The van der Waals surface area contributed by atoms with Crippen LogP contribution in [0.1, 0.15) is 25.7 Å². The Morgan fingerprint density at radius 2 is 2.14 bits per heavy atom. The second kappa shape index (κ2) is 8.12. The number of carboxylic acid groups (broad SMARTS) is 1. The summed E-state index contributed by atoms with van der Waals surface area (Å²) in [6.45, 7) is 4.58. The largest absolute Gasteiger partial charge is 0.481 e. The van der Waals surface area contributed by atoms with Crippen LogP contribution in [0.3, 0.4) is 0 Å². The van der Waals surface area contributed by atoms with Gasteiger partial charge in [-0.2, -0.15) is 0 Å². The molecule has 0 spiro atoms. The molecule has 0 bridgehead atoms. The summed E-state index contributed by atoms with van der Waals surface area (Å²) in [5, 5.41) is 30.6. The number of piperidine rings is 1. The maximum atomic E-state index is 11.4. The average molecular weight is 298 g/mol. The second-order valence-electron chi connectivity index (χ2n) is 6.55. The van der Waals surface area contributed by atoms with E-state index in [1.165, 1.54) is 12.8 Å². The van der Waals surface area contributed by atoms with Crippen molar-refractivity contribution in [2.75, 3.05) is 32.7 Å². The predicted molar refractivity (Wildman–Crippen MR) is 80.9 cm³/mol. The summed E-state index contributed by atoms with van der Waals surface area (Å²) in [6.07, 6.45) is 4.19. The molecular formula is C14H27BN2O4. The average Bonchev–Trinajstić information content (AvgIpc) is 2.82. The van der Waals surface area contributed by atoms with E-state index in [2.05, 4.69) is 10.2 Å². The molecule has 2 saturated heterocycles. The number of likely N-dealkylation sites (tertiary alicyclic amines) is 1. The van der Waals surface area contributed by atoms with Crippen molar-refractivity contribution in [2.24, 2.45) is 17.8 Å². The lowest BCUT2D eigenvalue weighted by Gasteiger charge is -2.27. The molecule has 1 unspecified atom stereocenters. The number of nitrogens with zero attached hydrogens (tertiary/aromatic N) is 1. The Kier molecular flexibility index (Phi) is 6.48. The van der Waals surface area contributed by atoms with Gasteiger partial charge in [0.15, 0.2) is 0 Å². The Bertz CT molecular complexity index is 337. The zero-order chi connectivity index (χ0) is 15.2. The van der Waals surface area contributed by atoms with E-state index in [0.717, 1.165) is 32.6 Å². The van der Waals surface area contributed by atoms with E-state index in [-0.39, 0.29) is 11.8 Å². The van der Waals surface area contributed by atoms with E-state index in [9.17, 15) is 9.90 Å². The first-order valence-corrected chi connectivity index (χ1v) is 8.08. The van der Waals surface area contributed by atoms with Crippen LogP contribution >= 0.6 is 0 Å². The van der Waals surface area contributed by atoms with E-state index in [1.54, 1.807) is 0 Å². The maximum absolute atomic E-state index is 11.4. The molecule has 21 heavy (non-hydrogen) atoms. The molecule has 0 aromatic carbocycles. The van der Waals surface area contributed by atoms with Gasteiger partial charge in [0.1, 0.15) is 0 Å². The molecule has 0 aromatic heterocycles. The lowest BCUT2D eigenvalue weighted by molar-refractivity contribution is -0.142. The summed E-state index contributed by atoms with van der Waals surface area (Å²) >= 11 is 0. The van der Waals surface area contributed by atoms with E-state index in [4.69, 9.17) is 10.0 Å². The molecule has 2 aliphatic heterocycles. The van der Waals surface area contributed by atoms with Crippen molar-refractivity contribution in [3.8, 4) is 0 Å². The molecule has 2 heterocycles. The van der Waals surface area contributed by atoms with Crippen LogP contribution in [0.4, 0.5) is 0 Å². The molecule has 0 aromatic rings. The van der Waals surface area contributed by atoms with Gasteiger partial charge in [-0.25, -0.2) is 0 Å². The van der Waals surface area contributed by atoms with Gasteiger partial charge in [0.2, 0.25) is 0 Å². The minimum Gasteiger partial charge on any atom is -0.481 e. The van der Waals surface area contributed by atoms with E-state index < -0.39 is 13.1 Å². The number of hydrogen-bond acceptors (Lipinski definition) is 5. The number of carboxylic acids is 1. The molecule has 7 heteroatoms. The van der Waals surface area contributed by atoms with Crippen LogP contribution in [-0.2, 0) is 4.79 Å². The van der Waals surface area contributed by atoms with Crippen molar-refractivity contribution in [3.63, 3.8) is 0 Å². The van der Waals surface area contributed by atoms with Gasteiger partial charge < -0.3 is 25.4 Å². The van der Waals surface area contributed by atoms with E-state index >= 15 is 0 Å². The zero-order valence-corrected chi connectivity index (χ0v) is 12.6. The SMILES string of the molecule is O=C(O)[C@@H]1CN(CC2CCCNC2)C[C@@H]1CCCB(O)O. The highest BCUT2D eigenvalue weighted by Gasteiger charge is 2.37. The maximum Gasteiger partial charge on any atom is 0.451 e. The fourth-order valence-electron chi connectivity index (χ4n) is 3.69. The van der Waals surface area contributed by atoms with Crippen molar-refractivity contribution in [2.45, 2.75) is 32.0 Å². The van der Waals surface area contributed by atoms with Gasteiger partial charge in [-0.1, -0.05) is 6.42 Å². The minimum atomic E-state index is -1.28. The smallest absolute Gasteiger partial charge is 0.451 e. The van der Waals surface area contributed by atoms with Gasteiger partial charge in [0.05, 0.1) is 5.92 Å². The van der Waals surface area contributed by atoms with Crippen molar-refractivity contribution in [3.05, 3.63) is 0 Å². The molecule has 3 atom stereocenters. The molecule has 4 N–H and O–H groups in total. The quantitative estimate of drug-likeness (QED) is 0.489. The van der Waals surface area contributed by atoms with Gasteiger partial charge in [0.25, 0.3) is 0 Å². The first kappa shape index (κ1) is 16.7. The van der Waals surface area contributed by atoms with Crippen molar-refractivity contribution in [1.82, 2.24) is 10.2 Å². The molecule has 6 nitrogen and oxygen atoms in total. The Balaban J connectivity index is 1.80. The molecule has 2 aliphatic rings. The topological polar surface area (TPSA) is 93.0 Å². The number of nitrogens with one attached hydrogen (secondary N) is 1. The van der Waals surface area contributed by atoms with E-state index in [1.807, 2.05) is 0 Å². The summed E-state index contributed by atoms with van der Waals surface area (Å²) in [6, 6.07) is 0. The third-order valence-electron chi connectivity index (χ3n) is 4.79. The van der Waals surface area contributed by atoms with Crippen molar-refractivity contribution < 1.29 is 19.9 Å². The highest BCUT2D eigenvalue weighted by molar-refractivity contribution is 6.40. The molecule has 2 fully saturated rings. The van der Waals surface area contributed by atoms with Crippen LogP contribution in [0.25, 0.3) is 0 Å². The monoisotopic (exact) mass is 298 g/mol. The molecule has 0 amide bonds. The lowest BCUT2D eigenvalue weighted by Crippen LogP contribution is -2.37. The van der Waals surface area contributed by atoms with Crippen LogP contribution in [-0.4, -0.2) is 65.9 Å². The Morgan fingerprint density at radius 3 is 2.76 bits per heavy atom. The third kappa shape index (κ3) is 5.25. The van der Waals surface area contributed by atoms with Gasteiger partial charge in [-0.15, -0.1) is 0 Å². The number of carbonyl (C=O) groups is 1. The summed E-state index contributed by atoms with van der Waals surface area (Å²) in [5.74, 6) is -0.254. The Morgan fingerprint density at radius 1 is 1.33 bits per heavy atom. The highest BCUT2D eigenvalue weighted by atomic mass is 16.4. The summed E-state index contributed by atoms with van der Waals surface area (Å²) in [7, 11) is -1.28. The van der Waals surface area contributed by atoms with Gasteiger partial charge >= 0.3 is 13.1 Å². The van der Waals surface area contributed by atoms with Crippen molar-refractivity contribution in [1.29, 1.82) is 0 Å². The summed E-state index contributed by atoms with van der Waals surface area (Å²) < 4.78 is 0. The first-order valence-electron chi connectivity index (χ1n) is 8.08. The lowest BCUT2D eigenvalue weighted by atomic mass is 9.80. The van der Waals surface area contributed by atoms with Crippen LogP contribution in [0.15, 0.2) is 0 Å². The van der Waals surface area contributed by atoms with Gasteiger partial charge in [0, 0.05) is 19.6 Å². The van der Waals surface area contributed by atoms with Crippen LogP contribution < -0.4 is 5.32 Å². The molecule has 2 rings (SSSR count). The predicted octanol–water partition coefficient (Wildman–Crippen LogP) is -0.128. The molecule has 0 radical (unpaired) electrons. The zero-order valence-electron chi connectivity index (χ0n) is 12.6. The summed E-state index contributed by atoms with van der Waals surface area (Å²) in [5.41, 5.74) is 0. The minimum absolute atomic E-state index is 0.137. The van der Waals surface area contributed by atoms with Gasteiger partial charge in [-0.3, -0.25) is 4.79 Å². The highest BCUT2D eigenvalue weighted by Crippen LogP contribution is 2.29. The fraction of sp³-hybridized carbons (Fsp3) is 0.929. The van der Waals surface area contributed by atoms with Crippen LogP contribution in [0, 0.1) is 17.8 Å². The second-order valence-corrected chi connectivity index (χ2v) is 6.55. The third-order valence-corrected chi connectivity index (χ3v) is 4.79. The molecule has 0 aliphatic carbocycles. The standard InChI is InChI=1S/C14H27BN2O4/c18-14(19)13-10-17(8-11-3-2-6-16-7-11)9-12(13)4-1-5-15(20)21/h11-13,16,20-21H,1-10H2,(H,18,19)/t11?,12-,13+/m0/s1. The number of aliphatic carboxylic acids is 1. The Hall–Kier alpha value is -0.625. The normalized spacial score (nSPS) is 30.5. The van der Waals surface area contributed by atoms with Crippen LogP contribution in [0.5, 0.6) is 0 Å². The molecular weight excluding hydrogens is 271 g/mol. The van der Waals surface area contributed by atoms with Crippen LogP contribution in [0.2, 0.25) is 6.32 Å².